The van der Waals surface area contributed by atoms with Gasteiger partial charge in [0.05, 0.1) is 18.0 Å². The summed E-state index contributed by atoms with van der Waals surface area (Å²) in [6, 6.07) is 2.33. The van der Waals surface area contributed by atoms with Crippen LogP contribution in [0, 0.1) is 0 Å². The number of carbonyl (C=O) groups is 3. The van der Waals surface area contributed by atoms with Gasteiger partial charge in [-0.25, -0.2) is 4.79 Å². The molecular weight excluding hydrogens is 280 g/mol. The Bertz CT molecular complexity index is 514. The molecule has 7 heteroatoms. The summed E-state index contributed by atoms with van der Waals surface area (Å²) in [5.41, 5.74) is 0. The first-order valence-corrected chi connectivity index (χ1v) is 7.12. The third-order valence-electron chi connectivity index (χ3n) is 3.31. The normalized spacial score (nSPS) is 21.6. The lowest BCUT2D eigenvalue weighted by Gasteiger charge is -2.25. The molecule has 0 unspecified atom stereocenters. The molecule has 1 aliphatic heterocycles. The molecule has 1 fully saturated rings. The maximum absolute atomic E-state index is 12.0. The Hall–Kier alpha value is -1.89. The summed E-state index contributed by atoms with van der Waals surface area (Å²) in [4.78, 5) is 37.4. The number of ether oxygens (including phenoxy) is 1. The van der Waals surface area contributed by atoms with Crippen molar-refractivity contribution < 1.29 is 19.1 Å². The molecule has 1 aromatic rings. The lowest BCUT2D eigenvalue weighted by molar-refractivity contribution is -0.150. The van der Waals surface area contributed by atoms with Crippen LogP contribution in [0.1, 0.15) is 23.0 Å². The summed E-state index contributed by atoms with van der Waals surface area (Å²) in [6.45, 7) is 1.84. The van der Waals surface area contributed by atoms with Crippen LogP contribution in [0.25, 0.3) is 0 Å². The number of carbonyl (C=O) groups excluding carboxylic acids is 3. The minimum atomic E-state index is -0.749. The number of esters is 1. The van der Waals surface area contributed by atoms with Crippen molar-refractivity contribution in [2.75, 3.05) is 13.7 Å². The van der Waals surface area contributed by atoms with Crippen molar-refractivity contribution in [3.8, 4) is 0 Å². The summed E-state index contributed by atoms with van der Waals surface area (Å²) in [6.07, 6.45) is 0.538. The fourth-order valence-corrected chi connectivity index (χ4v) is 2.98. The fraction of sp³-hybridized carbons (Fsp3) is 0.462. The first-order chi connectivity index (χ1) is 9.54. The SMILES string of the molecule is COC(=O)[C@@H]1[C@@H](NC(=O)c2cccs2)CCN1C(C)=O. The van der Waals surface area contributed by atoms with E-state index in [1.54, 1.807) is 12.1 Å². The van der Waals surface area contributed by atoms with Crippen LogP contribution in [-0.4, -0.2) is 48.4 Å². The van der Waals surface area contributed by atoms with Gasteiger partial charge in [0.2, 0.25) is 5.91 Å². The number of rotatable bonds is 3. The number of hydrogen-bond acceptors (Lipinski definition) is 5. The van der Waals surface area contributed by atoms with Gasteiger partial charge in [0.25, 0.3) is 5.91 Å². The Morgan fingerprint density at radius 3 is 2.75 bits per heavy atom. The van der Waals surface area contributed by atoms with Gasteiger partial charge in [-0.3, -0.25) is 9.59 Å². The molecule has 0 bridgehead atoms. The molecule has 1 saturated heterocycles. The van der Waals surface area contributed by atoms with Gasteiger partial charge < -0.3 is 15.0 Å². The molecule has 2 heterocycles. The van der Waals surface area contributed by atoms with E-state index in [0.29, 0.717) is 17.8 Å². The average molecular weight is 296 g/mol. The lowest BCUT2D eigenvalue weighted by Crippen LogP contribution is -2.51. The topological polar surface area (TPSA) is 75.7 Å². The van der Waals surface area contributed by atoms with Crippen molar-refractivity contribution in [2.45, 2.75) is 25.4 Å². The zero-order valence-electron chi connectivity index (χ0n) is 11.3. The molecular formula is C13H16N2O4S. The standard InChI is InChI=1S/C13H16N2O4S/c1-8(16)15-6-5-9(11(15)13(18)19-2)14-12(17)10-4-3-7-20-10/h3-4,7,9,11H,5-6H2,1-2H3,(H,14,17)/t9-,11-/m0/s1. The first kappa shape index (κ1) is 14.5. The third-order valence-corrected chi connectivity index (χ3v) is 4.18. The number of likely N-dealkylation sites (tertiary alicyclic amines) is 1. The highest BCUT2D eigenvalue weighted by Gasteiger charge is 2.42. The molecule has 2 rings (SSSR count). The molecule has 1 aliphatic rings. The van der Waals surface area contributed by atoms with Gasteiger partial charge in [-0.2, -0.15) is 0 Å². The van der Waals surface area contributed by atoms with Crippen LogP contribution in [0.15, 0.2) is 17.5 Å². The van der Waals surface area contributed by atoms with E-state index < -0.39 is 18.1 Å². The maximum atomic E-state index is 12.0. The molecule has 2 amide bonds. The van der Waals surface area contributed by atoms with E-state index in [-0.39, 0.29) is 11.8 Å². The summed E-state index contributed by atoms with van der Waals surface area (Å²) in [5.74, 6) is -0.938. The van der Waals surface area contributed by atoms with Crippen molar-refractivity contribution in [2.24, 2.45) is 0 Å². The number of amides is 2. The molecule has 0 radical (unpaired) electrons. The zero-order valence-corrected chi connectivity index (χ0v) is 12.1. The summed E-state index contributed by atoms with van der Waals surface area (Å²) in [5, 5.41) is 4.62. The van der Waals surface area contributed by atoms with Crippen LogP contribution in [-0.2, 0) is 14.3 Å². The largest absolute Gasteiger partial charge is 0.467 e. The average Bonchev–Trinajstić information content (AvgIpc) is 3.06. The smallest absolute Gasteiger partial charge is 0.330 e. The van der Waals surface area contributed by atoms with Crippen molar-refractivity contribution in [1.82, 2.24) is 10.2 Å². The lowest BCUT2D eigenvalue weighted by atomic mass is 10.1. The third kappa shape index (κ3) is 2.82. The molecule has 1 N–H and O–H groups in total. The van der Waals surface area contributed by atoms with Crippen molar-refractivity contribution >= 4 is 29.1 Å². The minimum Gasteiger partial charge on any atom is -0.467 e. The molecule has 0 aliphatic carbocycles. The van der Waals surface area contributed by atoms with Crippen LogP contribution in [0.5, 0.6) is 0 Å². The quantitative estimate of drug-likeness (QED) is 0.831. The number of methoxy groups -OCH3 is 1. The van der Waals surface area contributed by atoms with E-state index in [9.17, 15) is 14.4 Å². The molecule has 108 valence electrons. The van der Waals surface area contributed by atoms with E-state index in [2.05, 4.69) is 5.32 Å². The van der Waals surface area contributed by atoms with Gasteiger partial charge in [0.15, 0.2) is 0 Å². The Morgan fingerprint density at radius 1 is 1.45 bits per heavy atom. The highest BCUT2D eigenvalue weighted by molar-refractivity contribution is 7.12. The van der Waals surface area contributed by atoms with Gasteiger partial charge in [-0.05, 0) is 17.9 Å². The Morgan fingerprint density at radius 2 is 2.20 bits per heavy atom. The summed E-state index contributed by atoms with van der Waals surface area (Å²) >= 11 is 1.33. The predicted molar refractivity (Wildman–Crippen MR) is 73.4 cm³/mol. The molecule has 0 spiro atoms. The molecule has 20 heavy (non-hydrogen) atoms. The van der Waals surface area contributed by atoms with Gasteiger partial charge in [0, 0.05) is 13.5 Å². The monoisotopic (exact) mass is 296 g/mol. The van der Waals surface area contributed by atoms with Gasteiger partial charge >= 0.3 is 5.97 Å². The van der Waals surface area contributed by atoms with Crippen LogP contribution >= 0.6 is 11.3 Å². The minimum absolute atomic E-state index is 0.201. The van der Waals surface area contributed by atoms with Crippen molar-refractivity contribution in [1.29, 1.82) is 0 Å². The molecule has 2 atom stereocenters. The molecule has 1 aromatic heterocycles. The molecule has 6 nitrogen and oxygen atoms in total. The van der Waals surface area contributed by atoms with E-state index in [1.807, 2.05) is 5.38 Å². The predicted octanol–water partition coefficient (Wildman–Crippen LogP) is 0.640. The second kappa shape index (κ2) is 6.04. The number of nitrogens with one attached hydrogen (secondary N) is 1. The number of nitrogens with zero attached hydrogens (tertiary/aromatic N) is 1. The van der Waals surface area contributed by atoms with Gasteiger partial charge in [-0.15, -0.1) is 11.3 Å². The van der Waals surface area contributed by atoms with Crippen molar-refractivity contribution in [3.05, 3.63) is 22.4 Å². The van der Waals surface area contributed by atoms with E-state index >= 15 is 0 Å². The fourth-order valence-electron chi connectivity index (χ4n) is 2.36. The second-order valence-corrected chi connectivity index (χ2v) is 5.47. The second-order valence-electron chi connectivity index (χ2n) is 4.53. The number of hydrogen-bond donors (Lipinski definition) is 1. The van der Waals surface area contributed by atoms with Crippen LogP contribution in [0.3, 0.4) is 0 Å². The van der Waals surface area contributed by atoms with Gasteiger partial charge in [0.1, 0.15) is 6.04 Å². The molecule has 0 saturated carbocycles. The number of thiophene rings is 1. The highest BCUT2D eigenvalue weighted by Crippen LogP contribution is 2.20. The van der Waals surface area contributed by atoms with E-state index in [4.69, 9.17) is 4.74 Å². The summed E-state index contributed by atoms with van der Waals surface area (Å²) in [7, 11) is 1.27. The van der Waals surface area contributed by atoms with E-state index in [0.717, 1.165) is 0 Å². The van der Waals surface area contributed by atoms with Gasteiger partial charge in [-0.1, -0.05) is 6.07 Å². The first-order valence-electron chi connectivity index (χ1n) is 6.24. The highest BCUT2D eigenvalue weighted by atomic mass is 32.1. The Labute approximate surface area is 120 Å². The van der Waals surface area contributed by atoms with Crippen LogP contribution < -0.4 is 5.32 Å². The van der Waals surface area contributed by atoms with Crippen LogP contribution in [0.4, 0.5) is 0 Å². The molecule has 0 aromatic carbocycles. The van der Waals surface area contributed by atoms with Crippen LogP contribution in [0.2, 0.25) is 0 Å². The maximum Gasteiger partial charge on any atom is 0.330 e. The Kier molecular flexibility index (Phi) is 4.39. The Balaban J connectivity index is 2.12. The van der Waals surface area contributed by atoms with E-state index in [1.165, 1.54) is 30.3 Å². The summed E-state index contributed by atoms with van der Waals surface area (Å²) < 4.78 is 4.74. The van der Waals surface area contributed by atoms with Crippen molar-refractivity contribution in [3.63, 3.8) is 0 Å². The zero-order chi connectivity index (χ0) is 14.7.